The summed E-state index contributed by atoms with van der Waals surface area (Å²) in [6.07, 6.45) is -7.26. The highest BCUT2D eigenvalue weighted by molar-refractivity contribution is 5.67. The molecule has 0 heterocycles. The lowest BCUT2D eigenvalue weighted by Gasteiger charge is -2.24. The van der Waals surface area contributed by atoms with Gasteiger partial charge in [-0.1, -0.05) is 0 Å². The fraction of sp³-hybridized carbons (Fsp3) is 0.800. The molecule has 3 nitrogen and oxygen atoms in total. The maximum Gasteiger partial charge on any atom is 0.454 e. The van der Waals surface area contributed by atoms with Crippen molar-refractivity contribution in [3.63, 3.8) is 0 Å². The van der Waals surface area contributed by atoms with Gasteiger partial charge < -0.3 is 10.8 Å². The highest BCUT2D eigenvalue weighted by Gasteiger charge is 2.61. The van der Waals surface area contributed by atoms with Crippen LogP contribution in [-0.2, 0) is 4.79 Å². The largest absolute Gasteiger partial charge is 0.481 e. The number of carbonyl (C=O) groups is 1. The molecule has 3 N–H and O–H groups in total. The number of rotatable bonds is 3. The Hall–Kier alpha value is -0.920. The molecule has 0 saturated heterocycles. The first-order valence-electron chi connectivity index (χ1n) is 3.01. The maximum absolute atomic E-state index is 12.2. The Kier molecular flexibility index (Phi) is 3.20. The topological polar surface area (TPSA) is 63.3 Å². The van der Waals surface area contributed by atoms with Crippen molar-refractivity contribution in [1.82, 2.24) is 0 Å². The summed E-state index contributed by atoms with van der Waals surface area (Å²) < 4.78 is 58.9. The quantitative estimate of drug-likeness (QED) is 0.678. The van der Waals surface area contributed by atoms with Gasteiger partial charge in [0.2, 0.25) is 0 Å². The van der Waals surface area contributed by atoms with Crippen LogP contribution in [-0.4, -0.2) is 29.2 Å². The molecule has 1 atom stereocenters. The van der Waals surface area contributed by atoms with Crippen molar-refractivity contribution in [2.75, 3.05) is 0 Å². The molecule has 78 valence electrons. The molecule has 8 heteroatoms. The zero-order valence-electron chi connectivity index (χ0n) is 6.11. The van der Waals surface area contributed by atoms with Gasteiger partial charge in [0.15, 0.2) is 0 Å². The summed E-state index contributed by atoms with van der Waals surface area (Å²) in [4.78, 5) is 9.80. The fourth-order valence-electron chi connectivity index (χ4n) is 0.527. The van der Waals surface area contributed by atoms with Crippen molar-refractivity contribution < 1.29 is 31.9 Å². The molecule has 0 aromatic heterocycles. The van der Waals surface area contributed by atoms with Gasteiger partial charge in [-0.25, -0.2) is 0 Å². The molecular formula is C5H6F5NO2. The molecule has 0 radical (unpaired) electrons. The lowest BCUT2D eigenvalue weighted by Crippen LogP contribution is -2.52. The minimum Gasteiger partial charge on any atom is -0.481 e. The minimum atomic E-state index is -5.82. The third kappa shape index (κ3) is 2.79. The van der Waals surface area contributed by atoms with E-state index in [4.69, 9.17) is 5.11 Å². The van der Waals surface area contributed by atoms with Crippen LogP contribution in [0.2, 0.25) is 0 Å². The second-order valence-corrected chi connectivity index (χ2v) is 2.33. The Labute approximate surface area is 69.3 Å². The average Bonchev–Trinajstić information content (AvgIpc) is 1.82. The average molecular weight is 207 g/mol. The van der Waals surface area contributed by atoms with Crippen molar-refractivity contribution in [3.8, 4) is 0 Å². The van der Waals surface area contributed by atoms with Crippen molar-refractivity contribution in [1.29, 1.82) is 0 Å². The predicted molar refractivity (Wildman–Crippen MR) is 31.2 cm³/mol. The zero-order chi connectivity index (χ0) is 10.9. The van der Waals surface area contributed by atoms with Gasteiger partial charge in [0.05, 0.1) is 12.5 Å². The number of hydrogen-bond donors (Lipinski definition) is 2. The van der Waals surface area contributed by atoms with Crippen LogP contribution in [0.1, 0.15) is 6.42 Å². The first kappa shape index (κ1) is 12.1. The lowest BCUT2D eigenvalue weighted by atomic mass is 10.1. The van der Waals surface area contributed by atoms with Crippen LogP contribution < -0.4 is 5.73 Å². The van der Waals surface area contributed by atoms with Crippen LogP contribution in [0.5, 0.6) is 0 Å². The first-order valence-corrected chi connectivity index (χ1v) is 3.01. The Morgan fingerprint density at radius 1 is 1.31 bits per heavy atom. The Morgan fingerprint density at radius 2 is 1.69 bits per heavy atom. The molecule has 0 aromatic carbocycles. The van der Waals surface area contributed by atoms with E-state index in [0.29, 0.717) is 0 Å². The van der Waals surface area contributed by atoms with E-state index in [0.717, 1.165) is 0 Å². The molecule has 0 rings (SSSR count). The molecule has 0 spiro atoms. The molecule has 0 aliphatic heterocycles. The molecule has 1 unspecified atom stereocenters. The zero-order valence-corrected chi connectivity index (χ0v) is 6.11. The van der Waals surface area contributed by atoms with E-state index in [2.05, 4.69) is 5.73 Å². The third-order valence-corrected chi connectivity index (χ3v) is 1.24. The van der Waals surface area contributed by atoms with E-state index in [1.165, 1.54) is 0 Å². The van der Waals surface area contributed by atoms with Gasteiger partial charge in [0.25, 0.3) is 0 Å². The van der Waals surface area contributed by atoms with E-state index in [1.54, 1.807) is 0 Å². The number of alkyl halides is 5. The summed E-state index contributed by atoms with van der Waals surface area (Å²) in [6.45, 7) is 0. The SMILES string of the molecule is NC(CC(=O)O)C(F)(F)C(F)(F)F. The molecular weight excluding hydrogens is 201 g/mol. The summed E-state index contributed by atoms with van der Waals surface area (Å²) in [5.41, 5.74) is 4.39. The van der Waals surface area contributed by atoms with E-state index < -0.39 is 30.5 Å². The van der Waals surface area contributed by atoms with Crippen LogP contribution in [0, 0.1) is 0 Å². The van der Waals surface area contributed by atoms with Crippen LogP contribution >= 0.6 is 0 Å². The van der Waals surface area contributed by atoms with E-state index in [-0.39, 0.29) is 0 Å². The predicted octanol–water partition coefficient (Wildman–Crippen LogP) is 0.986. The molecule has 13 heavy (non-hydrogen) atoms. The number of aliphatic carboxylic acids is 1. The Bertz CT molecular complexity index is 202. The molecule has 0 saturated carbocycles. The third-order valence-electron chi connectivity index (χ3n) is 1.24. The summed E-state index contributed by atoms with van der Waals surface area (Å²) in [5, 5.41) is 7.93. The normalized spacial score (nSPS) is 15.5. The molecule has 0 aromatic rings. The van der Waals surface area contributed by atoms with Gasteiger partial charge in [-0.2, -0.15) is 22.0 Å². The monoisotopic (exact) mass is 207 g/mol. The van der Waals surface area contributed by atoms with Crippen molar-refractivity contribution in [2.45, 2.75) is 24.6 Å². The summed E-state index contributed by atoms with van der Waals surface area (Å²) in [6, 6.07) is -2.76. The minimum absolute atomic E-state index is 1.44. The standard InChI is InChI=1S/C5H6F5NO2/c6-4(7,5(8,9)10)2(11)1-3(12)13/h2H,1,11H2,(H,12,13). The highest BCUT2D eigenvalue weighted by Crippen LogP contribution is 2.38. The van der Waals surface area contributed by atoms with Gasteiger partial charge >= 0.3 is 18.1 Å². The van der Waals surface area contributed by atoms with Crippen LogP contribution in [0.25, 0.3) is 0 Å². The van der Waals surface area contributed by atoms with Crippen molar-refractivity contribution in [3.05, 3.63) is 0 Å². The summed E-state index contributed by atoms with van der Waals surface area (Å²) in [5.74, 6) is -6.98. The second-order valence-electron chi connectivity index (χ2n) is 2.33. The van der Waals surface area contributed by atoms with Gasteiger partial charge in [-0.15, -0.1) is 0 Å². The number of carboxylic acids is 1. The highest BCUT2D eigenvalue weighted by atomic mass is 19.4. The number of halogens is 5. The van der Waals surface area contributed by atoms with E-state index in [1.807, 2.05) is 0 Å². The van der Waals surface area contributed by atoms with Crippen LogP contribution in [0.3, 0.4) is 0 Å². The van der Waals surface area contributed by atoms with Gasteiger partial charge in [-0.05, 0) is 0 Å². The summed E-state index contributed by atoms with van der Waals surface area (Å²) >= 11 is 0. The van der Waals surface area contributed by atoms with E-state index >= 15 is 0 Å². The fourth-order valence-corrected chi connectivity index (χ4v) is 0.527. The number of carboxylic acid groups (broad SMARTS) is 1. The molecule has 0 bridgehead atoms. The van der Waals surface area contributed by atoms with Crippen molar-refractivity contribution in [2.24, 2.45) is 5.73 Å². The van der Waals surface area contributed by atoms with Gasteiger partial charge in [0.1, 0.15) is 0 Å². The second kappa shape index (κ2) is 3.44. The number of hydrogen-bond acceptors (Lipinski definition) is 2. The lowest BCUT2D eigenvalue weighted by molar-refractivity contribution is -0.289. The van der Waals surface area contributed by atoms with Crippen LogP contribution in [0.15, 0.2) is 0 Å². The number of nitrogens with two attached hydrogens (primary N) is 1. The van der Waals surface area contributed by atoms with Gasteiger partial charge in [0, 0.05) is 0 Å². The van der Waals surface area contributed by atoms with Crippen LogP contribution in [0.4, 0.5) is 22.0 Å². The molecule has 0 fully saturated rings. The Morgan fingerprint density at radius 3 is 1.92 bits per heavy atom. The molecule has 0 amide bonds. The Balaban J connectivity index is 4.54. The summed E-state index contributed by atoms with van der Waals surface area (Å²) in [7, 11) is 0. The smallest absolute Gasteiger partial charge is 0.454 e. The first-order chi connectivity index (χ1) is 5.59. The molecule has 0 aliphatic rings. The molecule has 0 aliphatic carbocycles. The van der Waals surface area contributed by atoms with Gasteiger partial charge in [-0.3, -0.25) is 4.79 Å². The maximum atomic E-state index is 12.2. The van der Waals surface area contributed by atoms with Crippen molar-refractivity contribution >= 4 is 5.97 Å². The van der Waals surface area contributed by atoms with E-state index in [9.17, 15) is 26.7 Å².